The van der Waals surface area contributed by atoms with Crippen LogP contribution in [0, 0.1) is 2.88 Å². The number of benzene rings is 1. The minimum absolute atomic E-state index is 0.669. The van der Waals surface area contributed by atoms with Crippen LogP contribution in [-0.2, 0) is 0 Å². The second-order valence-electron chi connectivity index (χ2n) is 2.80. The molecule has 1 aromatic carbocycles. The van der Waals surface area contributed by atoms with Crippen LogP contribution in [-0.4, -0.2) is 6.61 Å². The van der Waals surface area contributed by atoms with E-state index in [4.69, 9.17) is 16.3 Å². The summed E-state index contributed by atoms with van der Waals surface area (Å²) in [6.45, 7) is 2.64. The van der Waals surface area contributed by atoms with E-state index in [1.54, 1.807) is 11.3 Å². The van der Waals surface area contributed by atoms with Gasteiger partial charge in [0.1, 0.15) is 5.75 Å². The fourth-order valence-corrected chi connectivity index (χ4v) is 3.46. The van der Waals surface area contributed by atoms with Crippen LogP contribution in [0.4, 0.5) is 0 Å². The first-order valence-corrected chi connectivity index (χ1v) is 6.49. The quantitative estimate of drug-likeness (QED) is 0.730. The van der Waals surface area contributed by atoms with Gasteiger partial charge in [-0.05, 0) is 47.7 Å². The summed E-state index contributed by atoms with van der Waals surface area (Å²) in [5, 5.41) is 1.89. The fourth-order valence-electron chi connectivity index (χ4n) is 1.32. The Morgan fingerprint density at radius 3 is 2.93 bits per heavy atom. The molecule has 0 saturated heterocycles. The fraction of sp³-hybridized carbons (Fsp3) is 0.200. The van der Waals surface area contributed by atoms with Gasteiger partial charge in [-0.25, -0.2) is 0 Å². The molecule has 2 aromatic rings. The predicted molar refractivity (Wildman–Crippen MR) is 70.7 cm³/mol. The zero-order valence-corrected chi connectivity index (χ0v) is 11.2. The Labute approximate surface area is 105 Å². The molecule has 0 aliphatic heterocycles. The van der Waals surface area contributed by atoms with Gasteiger partial charge in [-0.3, -0.25) is 0 Å². The lowest BCUT2D eigenvalue weighted by Gasteiger charge is -2.04. The van der Waals surface area contributed by atoms with Crippen LogP contribution in [0.25, 0.3) is 10.1 Å². The summed E-state index contributed by atoms with van der Waals surface area (Å²) < 4.78 is 7.97. The van der Waals surface area contributed by atoms with Crippen LogP contribution in [0.1, 0.15) is 6.92 Å². The number of rotatable bonds is 2. The summed E-state index contributed by atoms with van der Waals surface area (Å²) in [6.07, 6.45) is 0. The van der Waals surface area contributed by atoms with Crippen molar-refractivity contribution in [3.63, 3.8) is 0 Å². The van der Waals surface area contributed by atoms with E-state index >= 15 is 0 Å². The van der Waals surface area contributed by atoms with Crippen LogP contribution in [0.2, 0.25) is 5.02 Å². The average Bonchev–Trinajstić information content (AvgIpc) is 2.45. The van der Waals surface area contributed by atoms with Crippen LogP contribution >= 0.6 is 45.5 Å². The molecule has 0 N–H and O–H groups in total. The third-order valence-electron chi connectivity index (χ3n) is 1.83. The maximum atomic E-state index is 5.99. The van der Waals surface area contributed by atoms with E-state index in [1.165, 1.54) is 7.58 Å². The van der Waals surface area contributed by atoms with Crippen LogP contribution < -0.4 is 4.74 Å². The van der Waals surface area contributed by atoms with Crippen LogP contribution in [0.5, 0.6) is 5.75 Å². The van der Waals surface area contributed by atoms with Gasteiger partial charge in [0.2, 0.25) is 0 Å². The van der Waals surface area contributed by atoms with Crippen molar-refractivity contribution in [3.8, 4) is 5.75 Å². The molecule has 0 aliphatic carbocycles. The molecule has 4 heteroatoms. The highest BCUT2D eigenvalue weighted by Crippen LogP contribution is 2.36. The second-order valence-corrected chi connectivity index (χ2v) is 6.21. The number of ether oxygens (including phenoxy) is 1. The standard InChI is InChI=1S/C10H8ClIOS/c1-2-13-8-3-6(11)4-9-7(8)5-10(12)14-9/h3-5H,2H2,1H3. The monoisotopic (exact) mass is 338 g/mol. The van der Waals surface area contributed by atoms with Crippen molar-refractivity contribution in [3.05, 3.63) is 26.1 Å². The van der Waals surface area contributed by atoms with Crippen molar-refractivity contribution in [2.24, 2.45) is 0 Å². The van der Waals surface area contributed by atoms with Crippen LogP contribution in [0.15, 0.2) is 18.2 Å². The molecule has 0 amide bonds. The molecule has 0 bridgehead atoms. The van der Waals surface area contributed by atoms with E-state index in [9.17, 15) is 0 Å². The molecule has 0 aliphatic rings. The molecule has 0 atom stereocenters. The maximum Gasteiger partial charge on any atom is 0.129 e. The third-order valence-corrected chi connectivity index (χ3v) is 3.89. The highest BCUT2D eigenvalue weighted by atomic mass is 127. The molecule has 74 valence electrons. The van der Waals surface area contributed by atoms with Crippen molar-refractivity contribution >= 4 is 55.6 Å². The first kappa shape index (κ1) is 10.5. The summed E-state index contributed by atoms with van der Waals surface area (Å²) in [5.74, 6) is 0.883. The Kier molecular flexibility index (Phi) is 3.19. The minimum Gasteiger partial charge on any atom is -0.493 e. The largest absolute Gasteiger partial charge is 0.493 e. The molecule has 14 heavy (non-hydrogen) atoms. The molecule has 1 heterocycles. The topological polar surface area (TPSA) is 9.23 Å². The predicted octanol–water partition coefficient (Wildman–Crippen LogP) is 4.56. The molecular formula is C10H8ClIOS. The van der Waals surface area contributed by atoms with Gasteiger partial charge >= 0.3 is 0 Å². The number of halogens is 2. The Morgan fingerprint density at radius 2 is 2.21 bits per heavy atom. The molecule has 0 fully saturated rings. The Hall–Kier alpha value is -0.000000000000000111. The molecule has 1 nitrogen and oxygen atoms in total. The average molecular weight is 339 g/mol. The van der Waals surface area contributed by atoms with E-state index in [0.717, 1.165) is 16.2 Å². The number of fused-ring (bicyclic) bond motifs is 1. The summed E-state index contributed by atoms with van der Waals surface area (Å²) >= 11 is 10.0. The van der Waals surface area contributed by atoms with Gasteiger partial charge in [-0.2, -0.15) is 0 Å². The van der Waals surface area contributed by atoms with Gasteiger partial charge in [-0.1, -0.05) is 11.6 Å². The molecule has 0 radical (unpaired) electrons. The zero-order valence-electron chi connectivity index (χ0n) is 7.51. The van der Waals surface area contributed by atoms with Gasteiger partial charge in [-0.15, -0.1) is 11.3 Å². The van der Waals surface area contributed by atoms with E-state index in [1.807, 2.05) is 19.1 Å². The van der Waals surface area contributed by atoms with Gasteiger partial charge in [0, 0.05) is 15.1 Å². The lowest BCUT2D eigenvalue weighted by atomic mass is 10.2. The first-order valence-electron chi connectivity index (χ1n) is 4.22. The molecule has 0 unspecified atom stereocenters. The number of thiophene rings is 1. The number of hydrogen-bond donors (Lipinski definition) is 0. The summed E-state index contributed by atoms with van der Waals surface area (Å²) in [4.78, 5) is 0. The summed E-state index contributed by atoms with van der Waals surface area (Å²) in [7, 11) is 0. The normalized spacial score (nSPS) is 10.8. The molecule has 1 aromatic heterocycles. The smallest absolute Gasteiger partial charge is 0.129 e. The van der Waals surface area contributed by atoms with Gasteiger partial charge < -0.3 is 4.74 Å². The number of hydrogen-bond acceptors (Lipinski definition) is 2. The van der Waals surface area contributed by atoms with E-state index < -0.39 is 0 Å². The molecular weight excluding hydrogens is 331 g/mol. The lowest BCUT2D eigenvalue weighted by molar-refractivity contribution is 0.344. The zero-order chi connectivity index (χ0) is 10.1. The highest BCUT2D eigenvalue weighted by molar-refractivity contribution is 14.1. The Morgan fingerprint density at radius 1 is 1.43 bits per heavy atom. The van der Waals surface area contributed by atoms with E-state index in [2.05, 4.69) is 28.7 Å². The van der Waals surface area contributed by atoms with E-state index in [0.29, 0.717) is 6.61 Å². The second kappa shape index (κ2) is 4.24. The van der Waals surface area contributed by atoms with Crippen molar-refractivity contribution in [1.29, 1.82) is 0 Å². The van der Waals surface area contributed by atoms with Gasteiger partial charge in [0.05, 0.1) is 9.49 Å². The van der Waals surface area contributed by atoms with E-state index in [-0.39, 0.29) is 0 Å². The molecule has 0 saturated carbocycles. The summed E-state index contributed by atoms with van der Waals surface area (Å²) in [5.41, 5.74) is 0. The highest BCUT2D eigenvalue weighted by Gasteiger charge is 2.07. The first-order chi connectivity index (χ1) is 6.70. The van der Waals surface area contributed by atoms with Gasteiger partial charge in [0.15, 0.2) is 0 Å². The van der Waals surface area contributed by atoms with Crippen molar-refractivity contribution in [2.75, 3.05) is 6.61 Å². The summed E-state index contributed by atoms with van der Waals surface area (Å²) in [6, 6.07) is 5.98. The van der Waals surface area contributed by atoms with Crippen molar-refractivity contribution < 1.29 is 4.74 Å². The van der Waals surface area contributed by atoms with Crippen molar-refractivity contribution in [1.82, 2.24) is 0 Å². The van der Waals surface area contributed by atoms with Crippen LogP contribution in [0.3, 0.4) is 0 Å². The Balaban J connectivity index is 2.66. The minimum atomic E-state index is 0.669. The van der Waals surface area contributed by atoms with Crippen molar-refractivity contribution in [2.45, 2.75) is 6.92 Å². The lowest BCUT2D eigenvalue weighted by Crippen LogP contribution is -1.91. The SMILES string of the molecule is CCOc1cc(Cl)cc2sc(I)cc12. The Bertz CT molecular complexity index is 466. The maximum absolute atomic E-state index is 5.99. The molecule has 2 rings (SSSR count). The third kappa shape index (κ3) is 1.99. The van der Waals surface area contributed by atoms with Gasteiger partial charge in [0.25, 0.3) is 0 Å². The molecule has 0 spiro atoms.